The third-order valence-electron chi connectivity index (χ3n) is 5.10. The van der Waals surface area contributed by atoms with Gasteiger partial charge in [0.05, 0.1) is 18.6 Å². The number of amides is 2. The average molecular weight is 394 g/mol. The highest BCUT2D eigenvalue weighted by molar-refractivity contribution is 5.97. The van der Waals surface area contributed by atoms with Crippen LogP contribution in [0.2, 0.25) is 0 Å². The minimum Gasteiger partial charge on any atom is -0.465 e. The van der Waals surface area contributed by atoms with Crippen molar-refractivity contribution < 1.29 is 19.1 Å². The number of ether oxygens (including phenoxy) is 1. The predicted molar refractivity (Wildman–Crippen MR) is 111 cm³/mol. The fraction of sp³-hybridized carbons (Fsp3) is 0.348. The van der Waals surface area contributed by atoms with Gasteiger partial charge in [0.1, 0.15) is 0 Å². The fourth-order valence-electron chi connectivity index (χ4n) is 3.74. The molecule has 6 heteroatoms. The van der Waals surface area contributed by atoms with Crippen LogP contribution in [-0.2, 0) is 9.53 Å². The third kappa shape index (κ3) is 5.02. The molecule has 1 unspecified atom stereocenters. The number of rotatable bonds is 4. The van der Waals surface area contributed by atoms with Gasteiger partial charge in [-0.05, 0) is 57.0 Å². The van der Waals surface area contributed by atoms with Crippen LogP contribution in [0.4, 0.5) is 5.69 Å². The van der Waals surface area contributed by atoms with E-state index >= 15 is 0 Å². The molecule has 0 spiro atoms. The Morgan fingerprint density at radius 3 is 2.45 bits per heavy atom. The van der Waals surface area contributed by atoms with Crippen molar-refractivity contribution >= 4 is 23.5 Å². The van der Waals surface area contributed by atoms with Crippen LogP contribution in [0.1, 0.15) is 44.7 Å². The van der Waals surface area contributed by atoms with Gasteiger partial charge >= 0.3 is 5.97 Å². The van der Waals surface area contributed by atoms with E-state index in [-0.39, 0.29) is 17.7 Å². The van der Waals surface area contributed by atoms with Gasteiger partial charge in [0, 0.05) is 24.3 Å². The molecule has 0 saturated carbocycles. The molecule has 1 N–H and O–H groups in total. The van der Waals surface area contributed by atoms with Gasteiger partial charge in [-0.1, -0.05) is 23.3 Å². The Morgan fingerprint density at radius 2 is 1.76 bits per heavy atom. The summed E-state index contributed by atoms with van der Waals surface area (Å²) in [7, 11) is 1.32. The van der Waals surface area contributed by atoms with Crippen molar-refractivity contribution in [3.63, 3.8) is 0 Å². The molecule has 1 aliphatic rings. The summed E-state index contributed by atoms with van der Waals surface area (Å²) in [6.07, 6.45) is 1.50. The van der Waals surface area contributed by atoms with Crippen LogP contribution in [0.5, 0.6) is 0 Å². The molecular formula is C23H26N2O4. The first-order valence-electron chi connectivity index (χ1n) is 9.74. The van der Waals surface area contributed by atoms with Gasteiger partial charge in [0.25, 0.3) is 5.91 Å². The quantitative estimate of drug-likeness (QED) is 0.805. The van der Waals surface area contributed by atoms with Crippen molar-refractivity contribution in [1.29, 1.82) is 0 Å². The average Bonchev–Trinajstić information content (AvgIpc) is 2.72. The molecule has 0 aromatic heterocycles. The normalized spacial score (nSPS) is 16.2. The van der Waals surface area contributed by atoms with E-state index in [0.29, 0.717) is 29.9 Å². The molecule has 3 rings (SSSR count). The van der Waals surface area contributed by atoms with Crippen molar-refractivity contribution in [2.75, 3.05) is 25.5 Å². The van der Waals surface area contributed by atoms with Crippen LogP contribution in [0.25, 0.3) is 0 Å². The fourth-order valence-corrected chi connectivity index (χ4v) is 3.74. The molecule has 1 atom stereocenters. The molecule has 29 heavy (non-hydrogen) atoms. The van der Waals surface area contributed by atoms with Gasteiger partial charge in [-0.3, -0.25) is 9.59 Å². The van der Waals surface area contributed by atoms with E-state index in [0.717, 1.165) is 24.0 Å². The first-order valence-corrected chi connectivity index (χ1v) is 9.74. The van der Waals surface area contributed by atoms with Gasteiger partial charge in [-0.15, -0.1) is 0 Å². The molecule has 2 aromatic rings. The first kappa shape index (κ1) is 20.6. The lowest BCUT2D eigenvalue weighted by Gasteiger charge is -2.32. The lowest BCUT2D eigenvalue weighted by Crippen LogP contribution is -2.43. The van der Waals surface area contributed by atoms with Gasteiger partial charge in [0.2, 0.25) is 5.91 Å². The molecule has 1 saturated heterocycles. The van der Waals surface area contributed by atoms with Gasteiger partial charge in [0.15, 0.2) is 0 Å². The zero-order chi connectivity index (χ0) is 21.0. The standard InChI is InChI=1S/C23H26N2O4/c1-15-10-16(2)12-19(11-15)22(27)25-9-5-7-18(14-25)21(26)24-20-8-4-6-17(13-20)23(28)29-3/h4,6,8,10-13,18H,5,7,9,14H2,1-3H3,(H,24,26). The topological polar surface area (TPSA) is 75.7 Å². The summed E-state index contributed by atoms with van der Waals surface area (Å²) < 4.78 is 4.72. The maximum absolute atomic E-state index is 12.9. The Balaban J connectivity index is 1.68. The second-order valence-corrected chi connectivity index (χ2v) is 7.53. The Labute approximate surface area is 170 Å². The van der Waals surface area contributed by atoms with Crippen molar-refractivity contribution in [3.05, 3.63) is 64.7 Å². The summed E-state index contributed by atoms with van der Waals surface area (Å²) in [5, 5.41) is 2.86. The number of esters is 1. The van der Waals surface area contributed by atoms with Gasteiger partial charge in [-0.2, -0.15) is 0 Å². The summed E-state index contributed by atoms with van der Waals surface area (Å²) in [6, 6.07) is 12.4. The van der Waals surface area contributed by atoms with E-state index in [9.17, 15) is 14.4 Å². The van der Waals surface area contributed by atoms with Crippen molar-refractivity contribution in [2.45, 2.75) is 26.7 Å². The van der Waals surface area contributed by atoms with Crippen LogP contribution in [0.3, 0.4) is 0 Å². The number of methoxy groups -OCH3 is 1. The molecular weight excluding hydrogens is 368 g/mol. The Kier molecular flexibility index (Phi) is 6.32. The minimum absolute atomic E-state index is 0.0398. The van der Waals surface area contributed by atoms with E-state index < -0.39 is 5.97 Å². The number of piperidine rings is 1. The zero-order valence-electron chi connectivity index (χ0n) is 17.0. The van der Waals surface area contributed by atoms with E-state index in [1.165, 1.54) is 7.11 Å². The highest BCUT2D eigenvalue weighted by Crippen LogP contribution is 2.22. The molecule has 2 aromatic carbocycles. The number of carbonyl (C=O) groups is 3. The molecule has 1 fully saturated rings. The predicted octanol–water partition coefficient (Wildman–Crippen LogP) is 3.58. The summed E-state index contributed by atoms with van der Waals surface area (Å²) >= 11 is 0. The molecule has 0 bridgehead atoms. The number of hydrogen-bond donors (Lipinski definition) is 1. The van der Waals surface area contributed by atoms with Gasteiger partial charge in [-0.25, -0.2) is 4.79 Å². The Hall–Kier alpha value is -3.15. The number of anilines is 1. The van der Waals surface area contributed by atoms with E-state index in [4.69, 9.17) is 4.74 Å². The van der Waals surface area contributed by atoms with Crippen LogP contribution >= 0.6 is 0 Å². The van der Waals surface area contributed by atoms with E-state index in [1.807, 2.05) is 32.0 Å². The maximum Gasteiger partial charge on any atom is 0.337 e. The highest BCUT2D eigenvalue weighted by atomic mass is 16.5. The first-order chi connectivity index (χ1) is 13.9. The van der Waals surface area contributed by atoms with Crippen LogP contribution < -0.4 is 5.32 Å². The minimum atomic E-state index is -0.455. The lowest BCUT2D eigenvalue weighted by molar-refractivity contribution is -0.121. The molecule has 6 nitrogen and oxygen atoms in total. The van der Waals surface area contributed by atoms with Crippen LogP contribution in [0, 0.1) is 19.8 Å². The zero-order valence-corrected chi connectivity index (χ0v) is 17.0. The maximum atomic E-state index is 12.9. The SMILES string of the molecule is COC(=O)c1cccc(NC(=O)C2CCCN(C(=O)c3cc(C)cc(C)c3)C2)c1. The van der Waals surface area contributed by atoms with E-state index in [2.05, 4.69) is 5.32 Å². The Bertz CT molecular complexity index is 918. The second kappa shape index (κ2) is 8.90. The van der Waals surface area contributed by atoms with Crippen molar-refractivity contribution in [2.24, 2.45) is 5.92 Å². The monoisotopic (exact) mass is 394 g/mol. The van der Waals surface area contributed by atoms with Crippen LogP contribution in [-0.4, -0.2) is 42.9 Å². The smallest absolute Gasteiger partial charge is 0.337 e. The largest absolute Gasteiger partial charge is 0.465 e. The second-order valence-electron chi connectivity index (χ2n) is 7.53. The molecule has 1 aliphatic heterocycles. The summed E-state index contributed by atoms with van der Waals surface area (Å²) in [6.45, 7) is 4.97. The van der Waals surface area contributed by atoms with Gasteiger partial charge < -0.3 is 15.0 Å². The molecule has 2 amide bonds. The molecule has 0 aliphatic carbocycles. The number of aryl methyl sites for hydroxylation is 2. The number of likely N-dealkylation sites (tertiary alicyclic amines) is 1. The highest BCUT2D eigenvalue weighted by Gasteiger charge is 2.29. The van der Waals surface area contributed by atoms with E-state index in [1.54, 1.807) is 29.2 Å². The molecule has 1 heterocycles. The van der Waals surface area contributed by atoms with Crippen molar-refractivity contribution in [1.82, 2.24) is 4.90 Å². The number of hydrogen-bond acceptors (Lipinski definition) is 4. The number of nitrogens with zero attached hydrogens (tertiary/aromatic N) is 1. The molecule has 152 valence electrons. The lowest BCUT2D eigenvalue weighted by atomic mass is 9.96. The summed E-state index contributed by atoms with van der Waals surface area (Å²) in [5.74, 6) is -0.934. The number of benzene rings is 2. The van der Waals surface area contributed by atoms with Crippen molar-refractivity contribution in [3.8, 4) is 0 Å². The Morgan fingerprint density at radius 1 is 1.03 bits per heavy atom. The van der Waals surface area contributed by atoms with Crippen LogP contribution in [0.15, 0.2) is 42.5 Å². The summed E-state index contributed by atoms with van der Waals surface area (Å²) in [5.41, 5.74) is 3.67. The third-order valence-corrected chi connectivity index (χ3v) is 5.10. The number of nitrogens with one attached hydrogen (secondary N) is 1. The number of carbonyl (C=O) groups excluding carboxylic acids is 3. The summed E-state index contributed by atoms with van der Waals surface area (Å²) in [4.78, 5) is 39.1. The molecule has 0 radical (unpaired) electrons.